The highest BCUT2D eigenvalue weighted by Gasteiger charge is 2.29. The maximum absolute atomic E-state index is 13.6. The fraction of sp³-hybridized carbons (Fsp3) is 0.133. The number of anilines is 1. The summed E-state index contributed by atoms with van der Waals surface area (Å²) in [6, 6.07) is 11.6. The summed E-state index contributed by atoms with van der Waals surface area (Å²) in [7, 11) is 0. The van der Waals surface area contributed by atoms with E-state index in [1.807, 2.05) is 24.3 Å². The lowest BCUT2D eigenvalue weighted by Crippen LogP contribution is -2.31. The van der Waals surface area contributed by atoms with Gasteiger partial charge in [-0.15, -0.1) is 0 Å². The highest BCUT2D eigenvalue weighted by Crippen LogP contribution is 2.29. The van der Waals surface area contributed by atoms with Crippen molar-refractivity contribution in [1.29, 1.82) is 0 Å². The molecule has 1 amide bonds. The third-order valence-corrected chi connectivity index (χ3v) is 3.36. The Hall–Kier alpha value is -2.07. The lowest BCUT2D eigenvalue weighted by molar-refractivity contribution is -0.122. The van der Waals surface area contributed by atoms with Crippen molar-refractivity contribution in [2.45, 2.75) is 12.5 Å². The largest absolute Gasteiger partial charge is 0.480 e. The van der Waals surface area contributed by atoms with Gasteiger partial charge in [-0.05, 0) is 29.8 Å². The summed E-state index contributed by atoms with van der Waals surface area (Å²) in [4.78, 5) is 12.1. The highest BCUT2D eigenvalue weighted by atomic mass is 35.5. The van der Waals surface area contributed by atoms with E-state index >= 15 is 0 Å². The fourth-order valence-corrected chi connectivity index (χ4v) is 2.29. The van der Waals surface area contributed by atoms with Crippen LogP contribution in [0.25, 0.3) is 0 Å². The van der Waals surface area contributed by atoms with Gasteiger partial charge in [-0.2, -0.15) is 0 Å². The zero-order valence-corrected chi connectivity index (χ0v) is 11.2. The molecule has 2 aromatic rings. The normalized spacial score (nSPS) is 16.4. The summed E-state index contributed by atoms with van der Waals surface area (Å²) in [5.41, 5.74) is 1.07. The Morgan fingerprint density at radius 1 is 1.30 bits per heavy atom. The molecule has 0 radical (unpaired) electrons. The third-order valence-electron chi connectivity index (χ3n) is 3.13. The van der Waals surface area contributed by atoms with Gasteiger partial charge in [0.05, 0.1) is 5.69 Å². The van der Waals surface area contributed by atoms with E-state index in [4.69, 9.17) is 16.3 Å². The van der Waals surface area contributed by atoms with Crippen LogP contribution in [0.3, 0.4) is 0 Å². The second-order valence-corrected chi connectivity index (χ2v) is 4.97. The number of hydrogen-bond donors (Lipinski definition) is 1. The van der Waals surface area contributed by atoms with Gasteiger partial charge < -0.3 is 10.1 Å². The first-order chi connectivity index (χ1) is 9.63. The predicted molar refractivity (Wildman–Crippen MR) is 74.6 cm³/mol. The monoisotopic (exact) mass is 291 g/mol. The van der Waals surface area contributed by atoms with E-state index in [1.165, 1.54) is 12.1 Å². The molecule has 5 heteroatoms. The minimum Gasteiger partial charge on any atom is -0.480 e. The van der Waals surface area contributed by atoms with Crippen molar-refractivity contribution in [1.82, 2.24) is 0 Å². The number of amides is 1. The smallest absolute Gasteiger partial charge is 0.265 e. The molecule has 1 aliphatic rings. The topological polar surface area (TPSA) is 38.3 Å². The lowest BCUT2D eigenvalue weighted by atomic mass is 10.1. The van der Waals surface area contributed by atoms with Gasteiger partial charge in [-0.25, -0.2) is 4.39 Å². The summed E-state index contributed by atoms with van der Waals surface area (Å²) in [5.74, 6) is -0.243. The molecule has 0 unspecified atom stereocenters. The van der Waals surface area contributed by atoms with Crippen molar-refractivity contribution in [2.75, 3.05) is 5.32 Å². The van der Waals surface area contributed by atoms with Gasteiger partial charge in [0.25, 0.3) is 5.91 Å². The standard InChI is InChI=1S/C15H11ClFNO2/c16-10-5-6-12(11(17)8-10)18-15(19)14-7-9-3-1-2-4-13(9)20-14/h1-6,8,14H,7H2,(H,18,19)/t14-/m1/s1. The summed E-state index contributed by atoms with van der Waals surface area (Å²) in [6.07, 6.45) is -0.153. The van der Waals surface area contributed by atoms with Crippen LogP contribution in [-0.4, -0.2) is 12.0 Å². The summed E-state index contributed by atoms with van der Waals surface area (Å²) in [5, 5.41) is 2.80. The molecule has 0 saturated carbocycles. The minimum atomic E-state index is -0.637. The Labute approximate surface area is 120 Å². The average molecular weight is 292 g/mol. The lowest BCUT2D eigenvalue weighted by Gasteiger charge is -2.12. The van der Waals surface area contributed by atoms with E-state index in [1.54, 1.807) is 0 Å². The number of carbonyl (C=O) groups is 1. The minimum absolute atomic E-state index is 0.0963. The molecule has 20 heavy (non-hydrogen) atoms. The van der Waals surface area contributed by atoms with Gasteiger partial charge >= 0.3 is 0 Å². The van der Waals surface area contributed by atoms with Crippen molar-refractivity contribution in [2.24, 2.45) is 0 Å². The van der Waals surface area contributed by atoms with Crippen molar-refractivity contribution in [3.8, 4) is 5.75 Å². The number of benzene rings is 2. The van der Waals surface area contributed by atoms with Gasteiger partial charge in [-0.3, -0.25) is 4.79 Å². The van der Waals surface area contributed by atoms with Crippen LogP contribution in [-0.2, 0) is 11.2 Å². The number of fused-ring (bicyclic) bond motifs is 1. The maximum atomic E-state index is 13.6. The molecule has 0 fully saturated rings. The summed E-state index contributed by atoms with van der Waals surface area (Å²) in [6.45, 7) is 0. The summed E-state index contributed by atoms with van der Waals surface area (Å²) < 4.78 is 19.2. The van der Waals surface area contributed by atoms with Crippen molar-refractivity contribution >= 4 is 23.2 Å². The highest BCUT2D eigenvalue weighted by molar-refractivity contribution is 6.30. The fourth-order valence-electron chi connectivity index (χ4n) is 2.13. The molecule has 0 aromatic heterocycles. The second-order valence-electron chi connectivity index (χ2n) is 4.53. The Morgan fingerprint density at radius 3 is 2.85 bits per heavy atom. The molecule has 2 aromatic carbocycles. The number of hydrogen-bond acceptors (Lipinski definition) is 2. The quantitative estimate of drug-likeness (QED) is 0.921. The molecule has 102 valence electrons. The summed E-state index contributed by atoms with van der Waals surface area (Å²) >= 11 is 5.66. The SMILES string of the molecule is O=C(Nc1ccc(Cl)cc1F)[C@H]1Cc2ccccc2O1. The molecular formula is C15H11ClFNO2. The number of para-hydroxylation sites is 1. The predicted octanol–water partition coefficient (Wildman–Crippen LogP) is 3.42. The van der Waals surface area contributed by atoms with Crippen LogP contribution in [0.5, 0.6) is 5.75 Å². The van der Waals surface area contributed by atoms with Crippen molar-refractivity contribution < 1.29 is 13.9 Å². The molecule has 1 atom stereocenters. The second kappa shape index (κ2) is 5.13. The Bertz CT molecular complexity index is 650. The third kappa shape index (κ3) is 2.47. The number of rotatable bonds is 2. The first-order valence-electron chi connectivity index (χ1n) is 6.14. The first kappa shape index (κ1) is 12.9. The molecule has 0 aliphatic carbocycles. The Kier molecular flexibility index (Phi) is 3.32. The van der Waals surface area contributed by atoms with Gasteiger partial charge in [0.2, 0.25) is 0 Å². The number of ether oxygens (including phenoxy) is 1. The van der Waals surface area contributed by atoms with Crippen LogP contribution in [0.2, 0.25) is 5.02 Å². The first-order valence-corrected chi connectivity index (χ1v) is 6.52. The van der Waals surface area contributed by atoms with E-state index in [9.17, 15) is 9.18 Å². The van der Waals surface area contributed by atoms with Gasteiger partial charge in [-0.1, -0.05) is 29.8 Å². The number of halogens is 2. The van der Waals surface area contributed by atoms with Crippen molar-refractivity contribution in [3.63, 3.8) is 0 Å². The molecule has 1 aliphatic heterocycles. The molecule has 0 saturated heterocycles. The molecular weight excluding hydrogens is 281 g/mol. The van der Waals surface area contributed by atoms with E-state index in [-0.39, 0.29) is 16.6 Å². The van der Waals surface area contributed by atoms with E-state index in [0.29, 0.717) is 12.2 Å². The van der Waals surface area contributed by atoms with Gasteiger partial charge in [0.15, 0.2) is 6.10 Å². The van der Waals surface area contributed by atoms with Crippen LogP contribution in [0.4, 0.5) is 10.1 Å². The molecule has 0 spiro atoms. The maximum Gasteiger partial charge on any atom is 0.265 e. The van der Waals surface area contributed by atoms with Crippen molar-refractivity contribution in [3.05, 3.63) is 58.9 Å². The number of nitrogens with one attached hydrogen (secondary N) is 1. The van der Waals surface area contributed by atoms with E-state index in [0.717, 1.165) is 11.6 Å². The zero-order valence-electron chi connectivity index (χ0n) is 10.4. The Balaban J connectivity index is 1.72. The molecule has 1 N–H and O–H groups in total. The molecule has 3 nitrogen and oxygen atoms in total. The molecule has 1 heterocycles. The zero-order chi connectivity index (χ0) is 14.1. The average Bonchev–Trinajstić information content (AvgIpc) is 2.86. The van der Waals surface area contributed by atoms with E-state index < -0.39 is 11.9 Å². The Morgan fingerprint density at radius 2 is 2.10 bits per heavy atom. The number of carbonyl (C=O) groups excluding carboxylic acids is 1. The van der Waals surface area contributed by atoms with Gasteiger partial charge in [0, 0.05) is 11.4 Å². The van der Waals surface area contributed by atoms with E-state index in [2.05, 4.69) is 5.32 Å². The van der Waals surface area contributed by atoms with Crippen LogP contribution in [0.15, 0.2) is 42.5 Å². The van der Waals surface area contributed by atoms with Crippen LogP contribution in [0.1, 0.15) is 5.56 Å². The molecule has 3 rings (SSSR count). The van der Waals surface area contributed by atoms with Crippen LogP contribution >= 0.6 is 11.6 Å². The van der Waals surface area contributed by atoms with Crippen LogP contribution < -0.4 is 10.1 Å². The van der Waals surface area contributed by atoms with Gasteiger partial charge in [0.1, 0.15) is 11.6 Å². The van der Waals surface area contributed by atoms with Crippen LogP contribution in [0, 0.1) is 5.82 Å². The molecule has 0 bridgehead atoms.